The number of amidine groups is 2. The van der Waals surface area contributed by atoms with Gasteiger partial charge in [0.25, 0.3) is 11.8 Å². The van der Waals surface area contributed by atoms with Crippen LogP contribution >= 0.6 is 35.7 Å². The van der Waals surface area contributed by atoms with Gasteiger partial charge in [0.2, 0.25) is 10.3 Å². The summed E-state index contributed by atoms with van der Waals surface area (Å²) in [7, 11) is 0. The lowest BCUT2D eigenvalue weighted by atomic mass is 10.7. The minimum absolute atomic E-state index is 0.0218. The van der Waals surface area contributed by atoms with Gasteiger partial charge in [-0.3, -0.25) is 9.59 Å². The summed E-state index contributed by atoms with van der Waals surface area (Å²) in [6.07, 6.45) is 0. The molecule has 0 aliphatic carbocycles. The number of hydrogen-bond donors (Lipinski definition) is 3. The van der Waals surface area contributed by atoms with Gasteiger partial charge in [-0.15, -0.1) is 5.10 Å². The molecule has 0 aromatic carbocycles. The summed E-state index contributed by atoms with van der Waals surface area (Å²) < 4.78 is 0. The molecule has 0 aromatic heterocycles. The van der Waals surface area contributed by atoms with Gasteiger partial charge >= 0.3 is 0 Å². The Morgan fingerprint density at radius 2 is 1.68 bits per heavy atom. The summed E-state index contributed by atoms with van der Waals surface area (Å²) in [5.74, 6) is 10.9. The number of nitrogens with one attached hydrogen (secondary N) is 1. The van der Waals surface area contributed by atoms with Gasteiger partial charge in [0, 0.05) is 0 Å². The molecule has 0 unspecified atom stereocenters. The zero-order valence-electron chi connectivity index (χ0n) is 9.40. The average molecular weight is 319 g/mol. The summed E-state index contributed by atoms with van der Waals surface area (Å²) in [5.41, 5.74) is 2.47. The molecule has 2 heterocycles. The van der Waals surface area contributed by atoms with Crippen LogP contribution < -0.4 is 17.1 Å². The van der Waals surface area contributed by atoms with Crippen molar-refractivity contribution in [1.29, 1.82) is 0 Å². The van der Waals surface area contributed by atoms with Crippen LogP contribution in [0.25, 0.3) is 0 Å². The van der Waals surface area contributed by atoms with Gasteiger partial charge in [-0.05, 0) is 12.2 Å². The topological polar surface area (TPSA) is 129 Å². The van der Waals surface area contributed by atoms with Crippen LogP contribution in [0.5, 0.6) is 0 Å². The smallest absolute Gasteiger partial charge is 0.253 e. The Morgan fingerprint density at radius 1 is 1.16 bits per heavy atom. The van der Waals surface area contributed by atoms with Crippen LogP contribution in [0.4, 0.5) is 0 Å². The fourth-order valence-corrected chi connectivity index (χ4v) is 2.84. The average Bonchev–Trinajstić information content (AvgIpc) is 2.86. The Kier molecular flexibility index (Phi) is 4.36. The number of rotatable bonds is 1. The predicted molar refractivity (Wildman–Crippen MR) is 77.6 cm³/mol. The van der Waals surface area contributed by atoms with E-state index in [0.29, 0.717) is 10.3 Å². The van der Waals surface area contributed by atoms with Crippen LogP contribution in [-0.4, -0.2) is 48.8 Å². The van der Waals surface area contributed by atoms with Crippen molar-refractivity contribution in [3.8, 4) is 0 Å². The van der Waals surface area contributed by atoms with Crippen LogP contribution in [0.2, 0.25) is 0 Å². The maximum absolute atomic E-state index is 11.2. The molecular weight excluding hydrogens is 310 g/mol. The van der Waals surface area contributed by atoms with Crippen molar-refractivity contribution in [2.75, 3.05) is 11.5 Å². The van der Waals surface area contributed by atoms with E-state index in [2.05, 4.69) is 15.5 Å². The molecule has 19 heavy (non-hydrogen) atoms. The molecule has 2 rings (SSSR count). The molecule has 0 bridgehead atoms. The van der Waals surface area contributed by atoms with Gasteiger partial charge in [-0.1, -0.05) is 23.5 Å². The molecule has 5 N–H and O–H groups in total. The van der Waals surface area contributed by atoms with Crippen LogP contribution in [-0.2, 0) is 9.59 Å². The number of amides is 2. The van der Waals surface area contributed by atoms with Crippen LogP contribution in [0.15, 0.2) is 10.1 Å². The van der Waals surface area contributed by atoms with Gasteiger partial charge in [-0.25, -0.2) is 27.1 Å². The molecule has 2 aliphatic rings. The number of nitrogens with two attached hydrogens (primary N) is 2. The molecule has 9 nitrogen and oxygen atoms in total. The molecular formula is C7H9N7O2S3. The molecule has 0 saturated carbocycles. The highest BCUT2D eigenvalue weighted by Crippen LogP contribution is 2.16. The monoisotopic (exact) mass is 319 g/mol. The Morgan fingerprint density at radius 3 is 2.16 bits per heavy atom. The number of hydrogen-bond acceptors (Lipinski definition) is 8. The first-order valence-electron chi connectivity index (χ1n) is 4.86. The van der Waals surface area contributed by atoms with Gasteiger partial charge in [0.05, 0.1) is 11.5 Å². The summed E-state index contributed by atoms with van der Waals surface area (Å²) in [5, 5.41) is 6.32. The molecule has 2 saturated heterocycles. The van der Waals surface area contributed by atoms with Crippen molar-refractivity contribution in [2.45, 2.75) is 0 Å². The van der Waals surface area contributed by atoms with Crippen molar-refractivity contribution >= 4 is 63.0 Å². The van der Waals surface area contributed by atoms with E-state index in [1.165, 1.54) is 23.5 Å². The molecule has 0 spiro atoms. The van der Waals surface area contributed by atoms with E-state index in [4.69, 9.17) is 23.9 Å². The third-order valence-corrected chi connectivity index (χ3v) is 4.10. The fraction of sp³-hybridized carbons (Fsp3) is 0.286. The van der Waals surface area contributed by atoms with Crippen molar-refractivity contribution in [2.24, 2.45) is 21.8 Å². The summed E-state index contributed by atoms with van der Waals surface area (Å²) in [6.45, 7) is 0. The number of thioether (sulfide) groups is 2. The standard InChI is InChI=1S/C7H9N7O2S3/c8-13-3(15)1-18-6(13)10-5(17)11-12-7-14(9)4(16)2-19-7/h1-2,8-9H2,(H,11,17). The van der Waals surface area contributed by atoms with E-state index in [1.807, 2.05) is 0 Å². The van der Waals surface area contributed by atoms with Crippen LogP contribution in [0, 0.1) is 0 Å². The Bertz CT molecular complexity index is 505. The molecule has 0 aromatic rings. The lowest BCUT2D eigenvalue weighted by molar-refractivity contribution is -0.125. The number of hydrazone groups is 1. The van der Waals surface area contributed by atoms with E-state index in [0.717, 1.165) is 10.0 Å². The van der Waals surface area contributed by atoms with Crippen LogP contribution in [0.3, 0.4) is 0 Å². The highest BCUT2D eigenvalue weighted by Gasteiger charge is 2.27. The molecule has 12 heteroatoms. The predicted octanol–water partition coefficient (Wildman–Crippen LogP) is -1.61. The Labute approximate surface area is 121 Å². The second kappa shape index (κ2) is 5.83. The first-order chi connectivity index (χ1) is 8.99. The fourth-order valence-electron chi connectivity index (χ4n) is 1.12. The van der Waals surface area contributed by atoms with Gasteiger partial charge in [0.15, 0.2) is 5.17 Å². The number of nitrogens with zero attached hydrogens (tertiary/aromatic N) is 4. The number of aliphatic imine (C=N–C) groups is 1. The van der Waals surface area contributed by atoms with Crippen molar-refractivity contribution < 1.29 is 9.59 Å². The first-order valence-corrected chi connectivity index (χ1v) is 7.24. The maximum atomic E-state index is 11.2. The van der Waals surface area contributed by atoms with E-state index in [1.54, 1.807) is 0 Å². The molecule has 102 valence electrons. The number of carbonyl (C=O) groups excluding carboxylic acids is 2. The third-order valence-electron chi connectivity index (χ3n) is 2.04. The molecule has 0 atom stereocenters. The Hall–Kier alpha value is -1.21. The first kappa shape index (κ1) is 14.2. The molecule has 0 radical (unpaired) electrons. The van der Waals surface area contributed by atoms with Gasteiger partial charge < -0.3 is 0 Å². The normalized spacial score (nSPS) is 23.9. The van der Waals surface area contributed by atoms with E-state index in [-0.39, 0.29) is 28.4 Å². The summed E-state index contributed by atoms with van der Waals surface area (Å²) >= 11 is 7.28. The van der Waals surface area contributed by atoms with E-state index >= 15 is 0 Å². The lowest BCUT2D eigenvalue weighted by Gasteiger charge is -2.09. The molecule has 2 fully saturated rings. The van der Waals surface area contributed by atoms with Gasteiger partial charge in [0.1, 0.15) is 0 Å². The van der Waals surface area contributed by atoms with Crippen LogP contribution in [0.1, 0.15) is 0 Å². The number of hydrazine groups is 2. The quantitative estimate of drug-likeness (QED) is 0.228. The number of thiocarbonyl (C=S) groups is 1. The lowest BCUT2D eigenvalue weighted by Crippen LogP contribution is -2.38. The van der Waals surface area contributed by atoms with Crippen molar-refractivity contribution in [1.82, 2.24) is 15.4 Å². The van der Waals surface area contributed by atoms with Crippen molar-refractivity contribution in [3.05, 3.63) is 0 Å². The largest absolute Gasteiger partial charge is 0.272 e. The van der Waals surface area contributed by atoms with E-state index in [9.17, 15) is 9.59 Å². The van der Waals surface area contributed by atoms with E-state index < -0.39 is 0 Å². The highest BCUT2D eigenvalue weighted by atomic mass is 32.2. The third kappa shape index (κ3) is 3.22. The SMILES string of the molecule is NN1C(=O)CSC1=NNC(=S)N=C1SCC(=O)N1N. The molecule has 2 aliphatic heterocycles. The van der Waals surface area contributed by atoms with Gasteiger partial charge in [-0.2, -0.15) is 4.99 Å². The maximum Gasteiger partial charge on any atom is 0.253 e. The minimum Gasteiger partial charge on any atom is -0.272 e. The second-order valence-corrected chi connectivity index (χ2v) is 5.58. The number of carbonyl (C=O) groups is 2. The zero-order valence-corrected chi connectivity index (χ0v) is 11.8. The minimum atomic E-state index is -0.247. The summed E-state index contributed by atoms with van der Waals surface area (Å²) in [4.78, 5) is 26.2. The van der Waals surface area contributed by atoms with Crippen molar-refractivity contribution in [3.63, 3.8) is 0 Å². The zero-order chi connectivity index (χ0) is 14.0. The Balaban J connectivity index is 1.96. The summed E-state index contributed by atoms with van der Waals surface area (Å²) in [6, 6.07) is 0. The highest BCUT2D eigenvalue weighted by molar-refractivity contribution is 8.15. The molecule has 2 amide bonds. The second-order valence-electron chi connectivity index (χ2n) is 3.31.